The predicted octanol–water partition coefficient (Wildman–Crippen LogP) is 1.55. The van der Waals surface area contributed by atoms with Gasteiger partial charge in [-0.3, -0.25) is 0 Å². The summed E-state index contributed by atoms with van der Waals surface area (Å²) in [6, 6.07) is 1.67. The normalized spacial score (nSPS) is 21.4. The molecule has 0 amide bonds. The molecule has 2 aliphatic rings. The molecule has 6 nitrogen and oxygen atoms in total. The molecule has 0 unspecified atom stereocenters. The molecule has 7 heteroatoms. The first-order valence-electron chi connectivity index (χ1n) is 7.71. The highest BCUT2D eigenvalue weighted by Gasteiger charge is 2.41. The number of aliphatic hydroxyl groups is 1. The number of hydrogen-bond donors (Lipinski definition) is 1. The van der Waals surface area contributed by atoms with Crippen molar-refractivity contribution in [3.8, 4) is 5.88 Å². The molecule has 2 fully saturated rings. The Kier molecular flexibility index (Phi) is 4.85. The second-order valence-electron chi connectivity index (χ2n) is 5.65. The zero-order valence-electron chi connectivity index (χ0n) is 12.5. The van der Waals surface area contributed by atoms with E-state index in [0.717, 1.165) is 25.7 Å². The van der Waals surface area contributed by atoms with Crippen molar-refractivity contribution in [3.05, 3.63) is 17.6 Å². The number of halogens is 1. The van der Waals surface area contributed by atoms with Crippen LogP contribution in [0.4, 0.5) is 4.39 Å². The van der Waals surface area contributed by atoms with Crippen molar-refractivity contribution >= 4 is 0 Å². The fourth-order valence-electron chi connectivity index (χ4n) is 2.99. The van der Waals surface area contributed by atoms with Crippen LogP contribution < -0.4 is 4.74 Å². The molecule has 1 spiro atoms. The van der Waals surface area contributed by atoms with Gasteiger partial charge in [0, 0.05) is 31.9 Å². The topological polar surface area (TPSA) is 73.7 Å². The lowest BCUT2D eigenvalue weighted by atomic mass is 9.92. The molecule has 2 heterocycles. The largest absolute Gasteiger partial charge is 0.474 e. The molecule has 0 aromatic carbocycles. The third-order valence-electron chi connectivity index (χ3n) is 4.08. The van der Waals surface area contributed by atoms with E-state index < -0.39 is 12.5 Å². The van der Waals surface area contributed by atoms with Crippen LogP contribution in [0.5, 0.6) is 5.88 Å². The van der Waals surface area contributed by atoms with Gasteiger partial charge in [0.1, 0.15) is 12.8 Å². The minimum Gasteiger partial charge on any atom is -0.474 e. The van der Waals surface area contributed by atoms with Crippen molar-refractivity contribution in [1.82, 2.24) is 9.97 Å². The van der Waals surface area contributed by atoms with Crippen LogP contribution in [0.15, 0.2) is 6.07 Å². The SMILES string of the molecule is OCCc1cc(OC2CCC3(CC2)OCCO3)nc(CF)n1. The van der Waals surface area contributed by atoms with E-state index in [0.29, 0.717) is 31.2 Å². The molecule has 1 N–H and O–H groups in total. The maximum atomic E-state index is 12.8. The minimum absolute atomic E-state index is 0.0164. The van der Waals surface area contributed by atoms with Gasteiger partial charge in [-0.1, -0.05) is 0 Å². The molecule has 3 rings (SSSR count). The molecule has 0 bridgehead atoms. The lowest BCUT2D eigenvalue weighted by molar-refractivity contribution is -0.186. The van der Waals surface area contributed by atoms with E-state index >= 15 is 0 Å². The first-order chi connectivity index (χ1) is 10.7. The van der Waals surface area contributed by atoms with Gasteiger partial charge in [0.25, 0.3) is 0 Å². The molecule has 22 heavy (non-hydrogen) atoms. The Hall–Kier alpha value is -1.31. The van der Waals surface area contributed by atoms with Gasteiger partial charge in [0.15, 0.2) is 11.6 Å². The number of hydrogen-bond acceptors (Lipinski definition) is 6. The summed E-state index contributed by atoms with van der Waals surface area (Å²) in [7, 11) is 0. The van der Waals surface area contributed by atoms with Gasteiger partial charge in [-0.15, -0.1) is 0 Å². The highest BCUT2D eigenvalue weighted by molar-refractivity contribution is 5.17. The van der Waals surface area contributed by atoms with Crippen molar-refractivity contribution in [2.24, 2.45) is 0 Å². The van der Waals surface area contributed by atoms with Crippen LogP contribution in [0.1, 0.15) is 37.2 Å². The summed E-state index contributed by atoms with van der Waals surface area (Å²) in [5.41, 5.74) is 0.592. The third kappa shape index (κ3) is 3.53. The highest BCUT2D eigenvalue weighted by atomic mass is 19.1. The Balaban J connectivity index is 1.62. The number of nitrogens with zero attached hydrogens (tertiary/aromatic N) is 2. The van der Waals surface area contributed by atoms with Gasteiger partial charge in [0.2, 0.25) is 5.88 Å². The Bertz CT molecular complexity index is 498. The molecular weight excluding hydrogens is 291 g/mol. The number of aliphatic hydroxyl groups excluding tert-OH is 1. The number of ether oxygens (including phenoxy) is 3. The molecule has 1 saturated carbocycles. The molecule has 122 valence electrons. The first-order valence-corrected chi connectivity index (χ1v) is 7.71. The van der Waals surface area contributed by atoms with Gasteiger partial charge < -0.3 is 19.3 Å². The summed E-state index contributed by atoms with van der Waals surface area (Å²) in [6.07, 6.45) is 3.59. The minimum atomic E-state index is -0.745. The molecule has 1 aromatic rings. The van der Waals surface area contributed by atoms with Gasteiger partial charge in [-0.2, -0.15) is 4.98 Å². The maximum absolute atomic E-state index is 12.8. The average molecular weight is 312 g/mol. The highest BCUT2D eigenvalue weighted by Crippen LogP contribution is 2.36. The van der Waals surface area contributed by atoms with Gasteiger partial charge in [-0.05, 0) is 12.8 Å². The number of alkyl halides is 1. The Morgan fingerprint density at radius 1 is 1.27 bits per heavy atom. The second kappa shape index (κ2) is 6.85. The van der Waals surface area contributed by atoms with E-state index in [2.05, 4.69) is 9.97 Å². The predicted molar refractivity (Wildman–Crippen MR) is 75.2 cm³/mol. The quantitative estimate of drug-likeness (QED) is 0.889. The number of aromatic nitrogens is 2. The van der Waals surface area contributed by atoms with Crippen molar-refractivity contribution < 1.29 is 23.7 Å². The summed E-state index contributed by atoms with van der Waals surface area (Å²) < 4.78 is 30.1. The summed E-state index contributed by atoms with van der Waals surface area (Å²) in [5.74, 6) is 0.0495. The van der Waals surface area contributed by atoms with E-state index in [1.54, 1.807) is 6.07 Å². The summed E-state index contributed by atoms with van der Waals surface area (Å²) >= 11 is 0. The molecule has 1 aliphatic carbocycles. The fourth-order valence-corrected chi connectivity index (χ4v) is 2.99. The lowest BCUT2D eigenvalue weighted by Gasteiger charge is -2.35. The Morgan fingerprint density at radius 2 is 2.00 bits per heavy atom. The van der Waals surface area contributed by atoms with Crippen molar-refractivity contribution in [2.45, 2.75) is 50.7 Å². The molecule has 1 aromatic heterocycles. The van der Waals surface area contributed by atoms with Crippen LogP contribution in [-0.4, -0.2) is 46.8 Å². The molecule has 0 atom stereocenters. The standard InChI is InChI=1S/C15H21FN2O4/c16-10-13-17-11(3-6-19)9-14(18-13)22-12-1-4-15(5-2-12)20-7-8-21-15/h9,12,19H,1-8,10H2. The van der Waals surface area contributed by atoms with Crippen molar-refractivity contribution in [1.29, 1.82) is 0 Å². The van der Waals surface area contributed by atoms with Gasteiger partial charge in [-0.25, -0.2) is 9.37 Å². The Labute approximate surface area is 128 Å². The third-order valence-corrected chi connectivity index (χ3v) is 4.08. The van der Waals surface area contributed by atoms with Crippen LogP contribution in [-0.2, 0) is 22.6 Å². The van der Waals surface area contributed by atoms with Gasteiger partial charge >= 0.3 is 0 Å². The molecule has 1 aliphatic heterocycles. The zero-order valence-corrected chi connectivity index (χ0v) is 12.5. The van der Waals surface area contributed by atoms with E-state index in [9.17, 15) is 4.39 Å². The van der Waals surface area contributed by atoms with Crippen LogP contribution in [0.2, 0.25) is 0 Å². The summed E-state index contributed by atoms with van der Waals surface area (Å²) in [4.78, 5) is 8.09. The fraction of sp³-hybridized carbons (Fsp3) is 0.733. The van der Waals surface area contributed by atoms with Crippen molar-refractivity contribution in [3.63, 3.8) is 0 Å². The van der Waals surface area contributed by atoms with Crippen LogP contribution in [0.25, 0.3) is 0 Å². The molecular formula is C15H21FN2O4. The average Bonchev–Trinajstić information content (AvgIpc) is 2.98. The van der Waals surface area contributed by atoms with Crippen LogP contribution >= 0.6 is 0 Å². The van der Waals surface area contributed by atoms with Gasteiger partial charge in [0.05, 0.1) is 18.9 Å². The van der Waals surface area contributed by atoms with E-state index in [4.69, 9.17) is 19.3 Å². The molecule has 1 saturated heterocycles. The molecule has 0 radical (unpaired) electrons. The van der Waals surface area contributed by atoms with Crippen LogP contribution in [0.3, 0.4) is 0 Å². The Morgan fingerprint density at radius 3 is 2.64 bits per heavy atom. The summed E-state index contributed by atoms with van der Waals surface area (Å²) in [6.45, 7) is 0.525. The number of rotatable bonds is 5. The smallest absolute Gasteiger partial charge is 0.217 e. The first kappa shape index (κ1) is 15.6. The monoisotopic (exact) mass is 312 g/mol. The zero-order chi connectivity index (χ0) is 15.4. The lowest BCUT2D eigenvalue weighted by Crippen LogP contribution is -2.38. The van der Waals surface area contributed by atoms with Crippen LogP contribution in [0, 0.1) is 0 Å². The summed E-state index contributed by atoms with van der Waals surface area (Å²) in [5, 5.41) is 8.99. The van der Waals surface area contributed by atoms with E-state index in [1.807, 2.05) is 0 Å². The van der Waals surface area contributed by atoms with E-state index in [1.165, 1.54) is 0 Å². The van der Waals surface area contributed by atoms with E-state index in [-0.39, 0.29) is 18.5 Å². The van der Waals surface area contributed by atoms with Crippen molar-refractivity contribution in [2.75, 3.05) is 19.8 Å². The maximum Gasteiger partial charge on any atom is 0.217 e. The second-order valence-corrected chi connectivity index (χ2v) is 5.65.